The fraction of sp³-hybridized carbons (Fsp3) is 1.00. The molecule has 1 rings (SSSR count). The lowest BCUT2D eigenvalue weighted by Gasteiger charge is -2.35. The maximum Gasteiger partial charge on any atom is 0.211 e. The van der Waals surface area contributed by atoms with Gasteiger partial charge in [0, 0.05) is 12.1 Å². The molecule has 2 N–H and O–H groups in total. The van der Waals surface area contributed by atoms with Gasteiger partial charge >= 0.3 is 0 Å². The van der Waals surface area contributed by atoms with E-state index in [1.165, 1.54) is 6.42 Å². The molecule has 1 unspecified atom stereocenters. The van der Waals surface area contributed by atoms with Crippen molar-refractivity contribution in [1.29, 1.82) is 0 Å². The quantitative estimate of drug-likeness (QED) is 0.678. The second-order valence-corrected chi connectivity index (χ2v) is 9.08. The van der Waals surface area contributed by atoms with Gasteiger partial charge in [0.1, 0.15) is 0 Å². The Labute approximate surface area is 125 Å². The predicted molar refractivity (Wildman–Crippen MR) is 85.3 cm³/mol. The topological polar surface area (TPSA) is 58.2 Å². The third kappa shape index (κ3) is 7.60. The van der Waals surface area contributed by atoms with Crippen molar-refractivity contribution in [3.63, 3.8) is 0 Å². The van der Waals surface area contributed by atoms with Crippen LogP contribution in [-0.4, -0.2) is 32.8 Å². The van der Waals surface area contributed by atoms with Gasteiger partial charge in [-0.2, -0.15) is 0 Å². The number of unbranched alkanes of at least 4 members (excludes halogenated alkanes) is 1. The molecule has 0 saturated heterocycles. The zero-order valence-corrected chi connectivity index (χ0v) is 14.4. The Kier molecular flexibility index (Phi) is 6.95. The van der Waals surface area contributed by atoms with Crippen molar-refractivity contribution in [2.45, 2.75) is 78.3 Å². The molecule has 0 amide bonds. The minimum absolute atomic E-state index is 0.137. The van der Waals surface area contributed by atoms with Crippen LogP contribution in [0.4, 0.5) is 0 Å². The van der Waals surface area contributed by atoms with Crippen molar-refractivity contribution < 1.29 is 8.42 Å². The van der Waals surface area contributed by atoms with Crippen LogP contribution in [0.3, 0.4) is 0 Å². The summed E-state index contributed by atoms with van der Waals surface area (Å²) >= 11 is 0. The highest BCUT2D eigenvalue weighted by atomic mass is 32.2. The third-order valence-electron chi connectivity index (χ3n) is 3.94. The van der Waals surface area contributed by atoms with Crippen LogP contribution in [0.15, 0.2) is 0 Å². The van der Waals surface area contributed by atoms with Gasteiger partial charge in [-0.15, -0.1) is 0 Å². The van der Waals surface area contributed by atoms with E-state index in [4.69, 9.17) is 0 Å². The summed E-state index contributed by atoms with van der Waals surface area (Å²) in [5.74, 6) is 0.254. The van der Waals surface area contributed by atoms with Crippen molar-refractivity contribution in [3.8, 4) is 0 Å². The molecule has 0 aliphatic heterocycles. The van der Waals surface area contributed by atoms with Gasteiger partial charge in [-0.05, 0) is 44.1 Å². The van der Waals surface area contributed by atoms with Gasteiger partial charge in [0.05, 0.1) is 5.75 Å². The zero-order chi connectivity index (χ0) is 15.2. The maximum atomic E-state index is 12.1. The summed E-state index contributed by atoms with van der Waals surface area (Å²) in [6.07, 6.45) is 5.91. The molecule has 120 valence electrons. The van der Waals surface area contributed by atoms with Crippen LogP contribution in [0, 0.1) is 5.41 Å². The fourth-order valence-electron chi connectivity index (χ4n) is 2.92. The van der Waals surface area contributed by atoms with Gasteiger partial charge in [0.25, 0.3) is 0 Å². The molecule has 1 saturated carbocycles. The van der Waals surface area contributed by atoms with Crippen molar-refractivity contribution in [3.05, 3.63) is 0 Å². The Morgan fingerprint density at radius 1 is 1.25 bits per heavy atom. The first-order valence-electron chi connectivity index (χ1n) is 7.94. The van der Waals surface area contributed by atoms with E-state index in [0.29, 0.717) is 6.04 Å². The smallest absolute Gasteiger partial charge is 0.211 e. The van der Waals surface area contributed by atoms with Crippen molar-refractivity contribution in [2.24, 2.45) is 5.41 Å². The van der Waals surface area contributed by atoms with Crippen LogP contribution in [0.5, 0.6) is 0 Å². The summed E-state index contributed by atoms with van der Waals surface area (Å²) in [5, 5.41) is 3.31. The van der Waals surface area contributed by atoms with Gasteiger partial charge in [-0.25, -0.2) is 13.1 Å². The first-order chi connectivity index (χ1) is 9.20. The SMILES string of the molecule is CC(C)NCCCCS(=O)(=O)NC1CCCC(C)(C)C1. The first kappa shape index (κ1) is 17.9. The molecule has 5 heteroatoms. The van der Waals surface area contributed by atoms with Crippen LogP contribution in [0.25, 0.3) is 0 Å². The standard InChI is InChI=1S/C15H32N2O2S/c1-13(2)16-10-5-6-11-20(18,19)17-14-8-7-9-15(3,4)12-14/h13-14,16-17H,5-12H2,1-4H3. The molecule has 0 bridgehead atoms. The maximum absolute atomic E-state index is 12.1. The van der Waals surface area contributed by atoms with Crippen LogP contribution in [-0.2, 0) is 10.0 Å². The molecular formula is C15H32N2O2S. The zero-order valence-electron chi connectivity index (χ0n) is 13.5. The largest absolute Gasteiger partial charge is 0.315 e. The summed E-state index contributed by atoms with van der Waals surface area (Å²) in [4.78, 5) is 0. The van der Waals surface area contributed by atoms with Crippen molar-refractivity contribution >= 4 is 10.0 Å². The Morgan fingerprint density at radius 2 is 1.95 bits per heavy atom. The summed E-state index contributed by atoms with van der Waals surface area (Å²) in [6, 6.07) is 0.603. The minimum atomic E-state index is -3.11. The Balaban J connectivity index is 2.27. The van der Waals surface area contributed by atoms with Gasteiger partial charge in [-0.1, -0.05) is 34.1 Å². The summed E-state index contributed by atoms with van der Waals surface area (Å²) in [7, 11) is -3.11. The van der Waals surface area contributed by atoms with E-state index < -0.39 is 10.0 Å². The van der Waals surface area contributed by atoms with Gasteiger partial charge < -0.3 is 5.32 Å². The predicted octanol–water partition coefficient (Wildman–Crippen LogP) is 2.65. The van der Waals surface area contributed by atoms with E-state index in [9.17, 15) is 8.42 Å². The second-order valence-electron chi connectivity index (χ2n) is 7.21. The Hall–Kier alpha value is -0.130. The van der Waals surface area contributed by atoms with E-state index in [0.717, 1.165) is 38.6 Å². The van der Waals surface area contributed by atoms with Crippen LogP contribution in [0.2, 0.25) is 0 Å². The van der Waals surface area contributed by atoms with Crippen molar-refractivity contribution in [1.82, 2.24) is 10.0 Å². The lowest BCUT2D eigenvalue weighted by atomic mass is 9.75. The third-order valence-corrected chi connectivity index (χ3v) is 5.46. The first-order valence-corrected chi connectivity index (χ1v) is 9.59. The number of rotatable bonds is 8. The van der Waals surface area contributed by atoms with Gasteiger partial charge in [0.15, 0.2) is 0 Å². The fourth-order valence-corrected chi connectivity index (χ4v) is 4.33. The molecule has 0 aromatic carbocycles. The average molecular weight is 305 g/mol. The normalized spacial score (nSPS) is 23.1. The monoisotopic (exact) mass is 304 g/mol. The Morgan fingerprint density at radius 3 is 2.55 bits per heavy atom. The number of hydrogen-bond donors (Lipinski definition) is 2. The number of sulfonamides is 1. The van der Waals surface area contributed by atoms with Crippen LogP contribution in [0.1, 0.15) is 66.2 Å². The van der Waals surface area contributed by atoms with E-state index in [2.05, 4.69) is 37.7 Å². The number of hydrogen-bond acceptors (Lipinski definition) is 3. The molecule has 0 radical (unpaired) electrons. The van der Waals surface area contributed by atoms with E-state index in [1.54, 1.807) is 0 Å². The van der Waals surface area contributed by atoms with Gasteiger partial charge in [0.2, 0.25) is 10.0 Å². The molecule has 1 atom stereocenters. The molecule has 0 heterocycles. The van der Waals surface area contributed by atoms with Crippen molar-refractivity contribution in [2.75, 3.05) is 12.3 Å². The summed E-state index contributed by atoms with van der Waals surface area (Å²) in [5.41, 5.74) is 0.270. The van der Waals surface area contributed by atoms with Crippen LogP contribution < -0.4 is 10.0 Å². The number of nitrogens with one attached hydrogen (secondary N) is 2. The highest BCUT2D eigenvalue weighted by Gasteiger charge is 2.30. The van der Waals surface area contributed by atoms with E-state index in [1.807, 2.05) is 0 Å². The molecule has 1 fully saturated rings. The average Bonchev–Trinajstić information content (AvgIpc) is 2.25. The molecule has 0 aromatic heterocycles. The lowest BCUT2D eigenvalue weighted by molar-refractivity contribution is 0.212. The molecule has 4 nitrogen and oxygen atoms in total. The van der Waals surface area contributed by atoms with Gasteiger partial charge in [-0.3, -0.25) is 0 Å². The molecule has 20 heavy (non-hydrogen) atoms. The molecular weight excluding hydrogens is 272 g/mol. The minimum Gasteiger partial charge on any atom is -0.315 e. The molecule has 1 aliphatic carbocycles. The summed E-state index contributed by atoms with van der Waals surface area (Å²) in [6.45, 7) is 9.55. The van der Waals surface area contributed by atoms with Crippen LogP contribution >= 0.6 is 0 Å². The molecule has 0 aromatic rings. The molecule has 1 aliphatic rings. The molecule has 0 spiro atoms. The van der Waals surface area contributed by atoms with E-state index >= 15 is 0 Å². The second kappa shape index (κ2) is 7.76. The van der Waals surface area contributed by atoms with E-state index in [-0.39, 0.29) is 17.2 Å². The summed E-state index contributed by atoms with van der Waals surface area (Å²) < 4.78 is 27.1. The lowest BCUT2D eigenvalue weighted by Crippen LogP contribution is -2.41. The highest BCUT2D eigenvalue weighted by Crippen LogP contribution is 2.35. The Bertz CT molecular complexity index is 377. The highest BCUT2D eigenvalue weighted by molar-refractivity contribution is 7.89.